The van der Waals surface area contributed by atoms with Gasteiger partial charge in [0.05, 0.1) is 12.9 Å². The quantitative estimate of drug-likeness (QED) is 0.144. The molecule has 2 aliphatic rings. The van der Waals surface area contributed by atoms with Gasteiger partial charge in [-0.1, -0.05) is 0 Å². The molecule has 9 nitrogen and oxygen atoms in total. The second-order valence-corrected chi connectivity index (χ2v) is 12.8. The third-order valence-electron chi connectivity index (χ3n) is 7.49. The zero-order chi connectivity index (χ0) is 33.9. The largest absolute Gasteiger partial charge is 0.437 e. The van der Waals surface area contributed by atoms with Crippen LogP contribution >= 0.6 is 0 Å². The van der Waals surface area contributed by atoms with Gasteiger partial charge in [-0.2, -0.15) is 8.42 Å². The molecule has 0 aromatic heterocycles. The van der Waals surface area contributed by atoms with Crippen LogP contribution in [0.15, 0.2) is 24.3 Å². The van der Waals surface area contributed by atoms with Crippen molar-refractivity contribution in [2.45, 2.75) is 39.3 Å². The van der Waals surface area contributed by atoms with Crippen molar-refractivity contribution in [3.8, 4) is 0 Å². The van der Waals surface area contributed by atoms with Crippen LogP contribution in [0.25, 0.3) is 0 Å². The first kappa shape index (κ1) is 38.7. The van der Waals surface area contributed by atoms with Crippen LogP contribution in [0, 0.1) is 46.7 Å². The first-order chi connectivity index (χ1) is 21.0. The molecular formula is C27H40B2F6N4O5S. The Morgan fingerprint density at radius 3 is 1.56 bits per heavy atom. The lowest BCUT2D eigenvalue weighted by Crippen LogP contribution is -2.43. The van der Waals surface area contributed by atoms with Crippen LogP contribution in [-0.4, -0.2) is 87.8 Å². The zero-order valence-corrected chi connectivity index (χ0v) is 26.3. The molecule has 0 radical (unpaired) electrons. The van der Waals surface area contributed by atoms with Gasteiger partial charge in [0.2, 0.25) is 0 Å². The summed E-state index contributed by atoms with van der Waals surface area (Å²) < 4.78 is 103. The van der Waals surface area contributed by atoms with Gasteiger partial charge in [0.1, 0.15) is 23.0 Å². The smallest absolute Gasteiger partial charge is 0.376 e. The molecule has 0 bridgehead atoms. The van der Waals surface area contributed by atoms with Crippen LogP contribution in [0.2, 0.25) is 13.6 Å². The predicted octanol–water partition coefficient (Wildman–Crippen LogP) is 3.81. The van der Waals surface area contributed by atoms with Crippen molar-refractivity contribution < 1.29 is 49.0 Å². The van der Waals surface area contributed by atoms with Crippen LogP contribution in [0.5, 0.6) is 0 Å². The number of halogens is 6. The highest BCUT2D eigenvalue weighted by atomic mass is 32.2. The molecule has 252 valence electrons. The van der Waals surface area contributed by atoms with Gasteiger partial charge in [-0.15, -0.1) is 0 Å². The van der Waals surface area contributed by atoms with Crippen molar-refractivity contribution >= 4 is 35.6 Å². The van der Waals surface area contributed by atoms with E-state index in [1.54, 1.807) is 13.6 Å². The summed E-state index contributed by atoms with van der Waals surface area (Å²) in [6.45, 7) is 7.30. The van der Waals surface area contributed by atoms with E-state index < -0.39 is 64.8 Å². The third-order valence-corrected chi connectivity index (χ3v) is 8.06. The topological polar surface area (TPSA) is 128 Å². The Bertz CT molecular complexity index is 1290. The highest BCUT2D eigenvalue weighted by molar-refractivity contribution is 7.85. The average molecular weight is 668 g/mol. The van der Waals surface area contributed by atoms with E-state index in [9.17, 15) is 44.8 Å². The zero-order valence-electron chi connectivity index (χ0n) is 25.5. The maximum Gasteiger partial charge on any atom is 0.376 e. The maximum atomic E-state index is 13.4. The molecule has 18 heteroatoms. The molecule has 0 unspecified atom stereocenters. The van der Waals surface area contributed by atoms with Gasteiger partial charge in [0, 0.05) is 30.8 Å². The molecule has 4 rings (SSSR count). The molecule has 45 heavy (non-hydrogen) atoms. The third kappa shape index (κ3) is 13.8. The summed E-state index contributed by atoms with van der Waals surface area (Å²) in [7, 11) is -4.19. The minimum absolute atomic E-state index is 0.270. The van der Waals surface area contributed by atoms with Gasteiger partial charge in [0.25, 0.3) is 10.1 Å². The minimum Gasteiger partial charge on any atom is -0.437 e. The lowest BCUT2D eigenvalue weighted by Gasteiger charge is -2.32. The number of rotatable bonds is 8. The Morgan fingerprint density at radius 2 is 1.18 bits per heavy atom. The highest BCUT2D eigenvalue weighted by Gasteiger charge is 2.25. The number of piperidine rings is 2. The molecule has 2 aliphatic heterocycles. The van der Waals surface area contributed by atoms with Gasteiger partial charge in [-0.25, -0.2) is 26.3 Å². The van der Waals surface area contributed by atoms with Crippen LogP contribution in [-0.2, 0) is 14.3 Å². The fourth-order valence-corrected chi connectivity index (χ4v) is 5.19. The van der Waals surface area contributed by atoms with Gasteiger partial charge >= 0.3 is 14.1 Å². The fourth-order valence-electron chi connectivity index (χ4n) is 4.75. The summed E-state index contributed by atoms with van der Waals surface area (Å²) in [5, 5.41) is 21.5. The molecule has 5 N–H and O–H groups in total. The minimum atomic E-state index is -3.32. The number of benzene rings is 2. The van der Waals surface area contributed by atoms with E-state index in [4.69, 9.17) is 9.92 Å². The first-order valence-corrected chi connectivity index (χ1v) is 16.3. The molecule has 0 spiro atoms. The number of hydrogen-bond acceptors (Lipinski definition) is 9. The Balaban J connectivity index is 0.000000249. The van der Waals surface area contributed by atoms with E-state index in [0.717, 1.165) is 58.1 Å². The molecule has 2 heterocycles. The van der Waals surface area contributed by atoms with Gasteiger partial charge in [-0.3, -0.25) is 4.18 Å². The van der Waals surface area contributed by atoms with E-state index in [2.05, 4.69) is 5.32 Å². The van der Waals surface area contributed by atoms with Crippen molar-refractivity contribution in [3.63, 3.8) is 0 Å². The molecule has 2 fully saturated rings. The summed E-state index contributed by atoms with van der Waals surface area (Å²) in [6, 6.07) is 2.39. The number of nitrogens with zero attached hydrogens (tertiary/aromatic N) is 2. The van der Waals surface area contributed by atoms with E-state index >= 15 is 0 Å². The van der Waals surface area contributed by atoms with E-state index in [-0.39, 0.29) is 24.1 Å². The second kappa shape index (κ2) is 18.0. The molecule has 2 saturated heterocycles. The van der Waals surface area contributed by atoms with Crippen molar-refractivity contribution in [3.05, 3.63) is 59.2 Å². The standard InChI is InChI=1S/C13H18BF3N2O.C8H18BNO4S.C6H4F3N/c1-14(20)19-4-2-9(3-5-19)8-18-13-11(16)6-10(15)7-12(13)17;1-9(11)10-5-3-8(4-6-10)7-14-15(2,12)13;7-3-1-4(8)6(10)5(9)2-3/h6-7,9,18,20H,2-5,8H2,1H3;8,11H,3-7H2,1-2H3;1-2H,10H2. The second-order valence-electron chi connectivity index (χ2n) is 11.1. The van der Waals surface area contributed by atoms with Crippen LogP contribution < -0.4 is 11.1 Å². The van der Waals surface area contributed by atoms with Crippen molar-refractivity contribution in [2.75, 3.05) is 56.6 Å². The Hall–Kier alpha value is -2.50. The Morgan fingerprint density at radius 1 is 0.800 bits per heavy atom. The lowest BCUT2D eigenvalue weighted by atomic mass is 9.81. The number of nitrogens with one attached hydrogen (secondary N) is 1. The molecule has 0 saturated carbocycles. The van der Waals surface area contributed by atoms with Gasteiger partial charge in [0.15, 0.2) is 23.3 Å². The molecule has 2 aromatic rings. The summed E-state index contributed by atoms with van der Waals surface area (Å²) in [5.41, 5.74) is 3.91. The predicted molar refractivity (Wildman–Crippen MR) is 163 cm³/mol. The van der Waals surface area contributed by atoms with Crippen molar-refractivity contribution in [2.24, 2.45) is 11.8 Å². The number of nitrogens with two attached hydrogens (primary N) is 1. The van der Waals surface area contributed by atoms with E-state index in [0.29, 0.717) is 30.8 Å². The number of anilines is 2. The SMILES string of the molecule is CB(O)N1CCC(CNc2c(F)cc(F)cc2F)CC1.CB(O)N1CCC(COS(C)(=O)=O)CC1.Nc1c(F)cc(F)cc1F. The summed E-state index contributed by atoms with van der Waals surface area (Å²) in [4.78, 5) is 3.92. The van der Waals surface area contributed by atoms with Crippen LogP contribution in [0.4, 0.5) is 37.7 Å². The molecule has 0 aliphatic carbocycles. The van der Waals surface area contributed by atoms with Crippen molar-refractivity contribution in [1.29, 1.82) is 0 Å². The molecule has 0 amide bonds. The average Bonchev–Trinajstić information content (AvgIpc) is 2.95. The summed E-state index contributed by atoms with van der Waals surface area (Å²) >= 11 is 0. The Kier molecular flexibility index (Phi) is 15.5. The Labute approximate surface area is 261 Å². The monoisotopic (exact) mass is 668 g/mol. The summed E-state index contributed by atoms with van der Waals surface area (Å²) in [5.74, 6) is -5.29. The number of nitrogen functional groups attached to an aromatic ring is 1. The summed E-state index contributed by atoms with van der Waals surface area (Å²) in [6.07, 6.45) is 4.52. The lowest BCUT2D eigenvalue weighted by molar-refractivity contribution is 0.181. The van der Waals surface area contributed by atoms with Crippen LogP contribution in [0.3, 0.4) is 0 Å². The molecule has 0 atom stereocenters. The molecular weight excluding hydrogens is 628 g/mol. The van der Waals surface area contributed by atoms with Crippen molar-refractivity contribution in [1.82, 2.24) is 9.62 Å². The molecule has 2 aromatic carbocycles. The van der Waals surface area contributed by atoms with Crippen LogP contribution in [0.1, 0.15) is 25.7 Å². The fraction of sp³-hybridized carbons (Fsp3) is 0.556. The van der Waals surface area contributed by atoms with Gasteiger partial charge in [-0.05, 0) is 77.3 Å². The highest BCUT2D eigenvalue weighted by Crippen LogP contribution is 2.23. The van der Waals surface area contributed by atoms with E-state index in [1.807, 2.05) is 9.62 Å². The first-order valence-electron chi connectivity index (χ1n) is 14.4. The number of hydrogen-bond donors (Lipinski definition) is 4. The van der Waals surface area contributed by atoms with E-state index in [1.165, 1.54) is 0 Å². The normalized spacial score (nSPS) is 16.7. The van der Waals surface area contributed by atoms with Gasteiger partial charge < -0.3 is 30.7 Å². The maximum absolute atomic E-state index is 13.4.